The summed E-state index contributed by atoms with van der Waals surface area (Å²) in [6.45, 7) is 9.81. The van der Waals surface area contributed by atoms with E-state index in [9.17, 15) is 4.79 Å². The van der Waals surface area contributed by atoms with Crippen molar-refractivity contribution in [2.75, 3.05) is 0 Å². The van der Waals surface area contributed by atoms with Gasteiger partial charge in [-0.05, 0) is 26.0 Å². The summed E-state index contributed by atoms with van der Waals surface area (Å²) >= 11 is 6.13. The van der Waals surface area contributed by atoms with E-state index in [-0.39, 0.29) is 12.2 Å². The lowest BCUT2D eigenvalue weighted by atomic mass is 9.87. The lowest BCUT2D eigenvalue weighted by molar-refractivity contribution is -0.126. The van der Waals surface area contributed by atoms with Gasteiger partial charge in [0.1, 0.15) is 17.6 Å². The Kier molecular flexibility index (Phi) is 4.93. The molecule has 0 radical (unpaired) electrons. The third kappa shape index (κ3) is 3.39. The van der Waals surface area contributed by atoms with Crippen LogP contribution in [0.25, 0.3) is 5.69 Å². The zero-order valence-electron chi connectivity index (χ0n) is 18.2. The Balaban J connectivity index is 1.98. The van der Waals surface area contributed by atoms with Crippen LogP contribution in [0.2, 0.25) is 5.02 Å². The molecule has 6 nitrogen and oxygen atoms in total. The van der Waals surface area contributed by atoms with Gasteiger partial charge in [-0.1, -0.05) is 44.5 Å². The molecule has 3 heterocycles. The monoisotopic (exact) mass is 423 g/mol. The SMILES string of the molecule is Cc1c2c(cn1C)-n1c(C)nnc1[C@H](CC(=O)C(C)(C)C)N=C2c1ccc(Cl)cc1. The first kappa shape index (κ1) is 20.5. The summed E-state index contributed by atoms with van der Waals surface area (Å²) in [7, 11) is 2.02. The lowest BCUT2D eigenvalue weighted by Crippen LogP contribution is -2.23. The predicted molar refractivity (Wildman–Crippen MR) is 119 cm³/mol. The Morgan fingerprint density at radius 3 is 2.43 bits per heavy atom. The van der Waals surface area contributed by atoms with Gasteiger partial charge in [0, 0.05) is 46.9 Å². The van der Waals surface area contributed by atoms with E-state index in [0.717, 1.165) is 34.0 Å². The van der Waals surface area contributed by atoms with Crippen LogP contribution in [0.3, 0.4) is 0 Å². The molecule has 7 heteroatoms. The fourth-order valence-electron chi connectivity index (χ4n) is 3.78. The summed E-state index contributed by atoms with van der Waals surface area (Å²) in [6, 6.07) is 7.25. The normalized spacial score (nSPS) is 16.0. The predicted octanol–water partition coefficient (Wildman–Crippen LogP) is 4.77. The van der Waals surface area contributed by atoms with Crippen LogP contribution in [-0.4, -0.2) is 30.8 Å². The quantitative estimate of drug-likeness (QED) is 0.609. The molecule has 1 aliphatic heterocycles. The van der Waals surface area contributed by atoms with Crippen molar-refractivity contribution in [2.24, 2.45) is 17.5 Å². The number of carbonyl (C=O) groups excluding carboxylic acids is 1. The molecule has 0 saturated heterocycles. The molecule has 2 aromatic heterocycles. The molecule has 0 spiro atoms. The van der Waals surface area contributed by atoms with Gasteiger partial charge >= 0.3 is 0 Å². The number of fused-ring (bicyclic) bond motifs is 3. The maximum Gasteiger partial charge on any atom is 0.163 e. The van der Waals surface area contributed by atoms with Gasteiger partial charge in [0.2, 0.25) is 0 Å². The zero-order chi connectivity index (χ0) is 21.8. The fraction of sp³-hybridized carbons (Fsp3) is 0.391. The molecule has 0 fully saturated rings. The van der Waals surface area contributed by atoms with Crippen LogP contribution in [0.1, 0.15) is 61.7 Å². The minimum atomic E-state index is -0.452. The first-order valence-corrected chi connectivity index (χ1v) is 10.4. The van der Waals surface area contributed by atoms with Crippen LogP contribution >= 0.6 is 11.6 Å². The van der Waals surface area contributed by atoms with Crippen LogP contribution in [0.5, 0.6) is 0 Å². The molecule has 0 amide bonds. The Bertz CT molecular complexity index is 1160. The van der Waals surface area contributed by atoms with Crippen molar-refractivity contribution in [3.8, 4) is 5.69 Å². The largest absolute Gasteiger partial charge is 0.352 e. The topological polar surface area (TPSA) is 65.1 Å². The van der Waals surface area contributed by atoms with Crippen molar-refractivity contribution in [3.63, 3.8) is 0 Å². The number of ketones is 1. The van der Waals surface area contributed by atoms with Crippen LogP contribution < -0.4 is 0 Å². The van der Waals surface area contributed by atoms with Gasteiger partial charge in [0.25, 0.3) is 0 Å². The summed E-state index contributed by atoms with van der Waals surface area (Å²) in [5, 5.41) is 9.42. The Hall–Kier alpha value is -2.73. The second kappa shape index (κ2) is 7.20. The number of carbonyl (C=O) groups is 1. The van der Waals surface area contributed by atoms with E-state index in [1.807, 2.05) is 63.6 Å². The van der Waals surface area contributed by atoms with E-state index in [4.69, 9.17) is 16.6 Å². The highest BCUT2D eigenvalue weighted by Gasteiger charge is 2.33. The van der Waals surface area contributed by atoms with E-state index < -0.39 is 11.5 Å². The molecular formula is C23H26ClN5O. The molecule has 1 aromatic carbocycles. The number of Topliss-reactive ketones (excluding diaryl/α,β-unsaturated/α-hetero) is 1. The minimum Gasteiger partial charge on any atom is -0.352 e. The number of hydrogen-bond acceptors (Lipinski definition) is 4. The molecule has 156 valence electrons. The highest BCUT2D eigenvalue weighted by Crippen LogP contribution is 2.36. The fourth-order valence-corrected chi connectivity index (χ4v) is 3.91. The molecule has 0 aliphatic carbocycles. The number of benzene rings is 1. The van der Waals surface area contributed by atoms with Crippen molar-refractivity contribution >= 4 is 23.1 Å². The Morgan fingerprint density at radius 2 is 1.80 bits per heavy atom. The molecule has 0 N–H and O–H groups in total. The lowest BCUT2D eigenvalue weighted by Gasteiger charge is -2.19. The standard InChI is InChI=1S/C23H26ClN5O/c1-13-20-18(12-28(13)6)29-14(2)26-27-22(29)17(11-19(30)23(3,4)5)25-21(20)15-7-9-16(24)10-8-15/h7-10,12,17H,11H2,1-6H3/t17-/m0/s1. The van der Waals surface area contributed by atoms with Gasteiger partial charge < -0.3 is 4.57 Å². The van der Waals surface area contributed by atoms with E-state index in [1.165, 1.54) is 0 Å². The Labute approximate surface area is 181 Å². The average Bonchev–Trinajstić information content (AvgIpc) is 3.14. The summed E-state index contributed by atoms with van der Waals surface area (Å²) < 4.78 is 4.12. The van der Waals surface area contributed by atoms with E-state index >= 15 is 0 Å². The van der Waals surface area contributed by atoms with Gasteiger partial charge in [0.05, 0.1) is 11.4 Å². The van der Waals surface area contributed by atoms with Gasteiger partial charge in [-0.3, -0.25) is 14.4 Å². The summed E-state index contributed by atoms with van der Waals surface area (Å²) in [5.74, 6) is 1.61. The molecule has 30 heavy (non-hydrogen) atoms. The van der Waals surface area contributed by atoms with Crippen molar-refractivity contribution < 1.29 is 4.79 Å². The smallest absolute Gasteiger partial charge is 0.163 e. The molecule has 1 aliphatic rings. The summed E-state index contributed by atoms with van der Waals surface area (Å²) in [5.41, 5.74) is 4.44. The third-order valence-electron chi connectivity index (χ3n) is 5.71. The molecule has 0 saturated carbocycles. The van der Waals surface area contributed by atoms with E-state index in [0.29, 0.717) is 10.8 Å². The first-order chi connectivity index (χ1) is 14.1. The van der Waals surface area contributed by atoms with E-state index in [1.54, 1.807) is 0 Å². The third-order valence-corrected chi connectivity index (χ3v) is 5.96. The highest BCUT2D eigenvalue weighted by atomic mass is 35.5. The number of hydrogen-bond donors (Lipinski definition) is 0. The van der Waals surface area contributed by atoms with Gasteiger partial charge in [0.15, 0.2) is 5.82 Å². The van der Waals surface area contributed by atoms with Crippen LogP contribution in [0, 0.1) is 19.3 Å². The summed E-state index contributed by atoms with van der Waals surface area (Å²) in [6.07, 6.45) is 2.35. The maximum absolute atomic E-state index is 12.9. The average molecular weight is 424 g/mol. The van der Waals surface area contributed by atoms with Gasteiger partial charge in [-0.15, -0.1) is 10.2 Å². The molecule has 3 aromatic rings. The van der Waals surface area contributed by atoms with Crippen molar-refractivity contribution in [2.45, 2.75) is 47.1 Å². The molecule has 4 rings (SSSR count). The van der Waals surface area contributed by atoms with Crippen molar-refractivity contribution in [1.29, 1.82) is 0 Å². The van der Waals surface area contributed by atoms with E-state index in [2.05, 4.69) is 27.9 Å². The highest BCUT2D eigenvalue weighted by molar-refractivity contribution is 6.30. The molecule has 0 bridgehead atoms. The number of nitrogens with zero attached hydrogens (tertiary/aromatic N) is 5. The Morgan fingerprint density at radius 1 is 1.13 bits per heavy atom. The second-order valence-electron chi connectivity index (χ2n) is 8.90. The number of aryl methyl sites for hydroxylation is 2. The molecule has 0 unspecified atom stereocenters. The minimum absolute atomic E-state index is 0.141. The van der Waals surface area contributed by atoms with Gasteiger partial charge in [-0.2, -0.15) is 0 Å². The first-order valence-electron chi connectivity index (χ1n) is 10.0. The summed E-state index contributed by atoms with van der Waals surface area (Å²) in [4.78, 5) is 18.0. The number of aliphatic imine (C=N–C) groups is 1. The van der Waals surface area contributed by atoms with Gasteiger partial charge in [-0.25, -0.2) is 0 Å². The van der Waals surface area contributed by atoms with Crippen molar-refractivity contribution in [3.05, 3.63) is 64.0 Å². The van der Waals surface area contributed by atoms with Crippen LogP contribution in [-0.2, 0) is 11.8 Å². The molecule has 1 atom stereocenters. The van der Waals surface area contributed by atoms with Crippen LogP contribution in [0.4, 0.5) is 0 Å². The molecular weight excluding hydrogens is 398 g/mol. The van der Waals surface area contributed by atoms with Crippen molar-refractivity contribution in [1.82, 2.24) is 19.3 Å². The second-order valence-corrected chi connectivity index (χ2v) is 9.34. The maximum atomic E-state index is 12.9. The van der Waals surface area contributed by atoms with Crippen LogP contribution in [0.15, 0.2) is 35.5 Å². The number of rotatable bonds is 3. The number of aromatic nitrogens is 4. The zero-order valence-corrected chi connectivity index (χ0v) is 18.9. The number of halogens is 1.